The van der Waals surface area contributed by atoms with Gasteiger partial charge in [-0.1, -0.05) is 24.0 Å². The van der Waals surface area contributed by atoms with Gasteiger partial charge < -0.3 is 10.3 Å². The fraction of sp³-hybridized carbons (Fsp3) is 0.400. The van der Waals surface area contributed by atoms with Gasteiger partial charge in [0, 0.05) is 42.9 Å². The molecule has 0 spiro atoms. The minimum atomic E-state index is -3.20. The maximum atomic E-state index is 12.5. The summed E-state index contributed by atoms with van der Waals surface area (Å²) in [6.07, 6.45) is 8.87. The molecule has 5 rings (SSSR count). The lowest BCUT2D eigenvalue weighted by Gasteiger charge is -2.31. The number of aromatic nitrogens is 3. The Balaban J connectivity index is 1.44. The third-order valence-corrected chi connectivity index (χ3v) is 7.92. The van der Waals surface area contributed by atoms with Gasteiger partial charge in [0.2, 0.25) is 10.0 Å². The van der Waals surface area contributed by atoms with Gasteiger partial charge >= 0.3 is 0 Å². The van der Waals surface area contributed by atoms with Crippen molar-refractivity contribution < 1.29 is 13.2 Å². The second kappa shape index (κ2) is 8.85. The first kappa shape index (κ1) is 22.6. The van der Waals surface area contributed by atoms with Crippen molar-refractivity contribution in [3.8, 4) is 11.8 Å². The highest BCUT2D eigenvalue weighted by Crippen LogP contribution is 2.34. The number of carbonyl (C=O) groups excluding carboxylic acids is 1. The number of hydrogen-bond acceptors (Lipinski definition) is 6. The van der Waals surface area contributed by atoms with Crippen LogP contribution in [0.3, 0.4) is 0 Å². The summed E-state index contributed by atoms with van der Waals surface area (Å²) in [5, 5.41) is 0.696. The molecule has 0 bridgehead atoms. The van der Waals surface area contributed by atoms with Crippen molar-refractivity contribution in [1.29, 1.82) is 0 Å². The summed E-state index contributed by atoms with van der Waals surface area (Å²) in [7, 11) is -3.20. The van der Waals surface area contributed by atoms with Gasteiger partial charge in [0.05, 0.1) is 17.2 Å². The summed E-state index contributed by atoms with van der Waals surface area (Å²) < 4.78 is 27.3. The van der Waals surface area contributed by atoms with E-state index in [2.05, 4.69) is 21.8 Å². The van der Waals surface area contributed by atoms with Crippen LogP contribution in [0.2, 0.25) is 0 Å². The molecule has 3 heterocycles. The predicted molar refractivity (Wildman–Crippen MR) is 131 cm³/mol. The number of sulfonamides is 1. The van der Waals surface area contributed by atoms with Crippen molar-refractivity contribution in [2.75, 3.05) is 25.1 Å². The molecule has 0 atom stereocenters. The molecule has 3 aromatic rings. The van der Waals surface area contributed by atoms with Gasteiger partial charge in [-0.3, -0.25) is 4.79 Å². The minimum absolute atomic E-state index is 0.0914. The van der Waals surface area contributed by atoms with Crippen LogP contribution in [0, 0.1) is 17.8 Å². The van der Waals surface area contributed by atoms with E-state index in [1.165, 1.54) is 16.9 Å². The Morgan fingerprint density at radius 2 is 1.91 bits per heavy atom. The molecular weight excluding hydrogens is 450 g/mol. The summed E-state index contributed by atoms with van der Waals surface area (Å²) in [6.45, 7) is 0.929. The van der Waals surface area contributed by atoms with Gasteiger partial charge in [0.1, 0.15) is 17.8 Å². The predicted octanol–water partition coefficient (Wildman–Crippen LogP) is 2.99. The first-order valence-electron chi connectivity index (χ1n) is 11.5. The number of piperidine rings is 1. The minimum Gasteiger partial charge on any atom is -0.383 e. The van der Waals surface area contributed by atoms with Crippen LogP contribution in [-0.4, -0.2) is 52.4 Å². The molecule has 2 N–H and O–H groups in total. The number of Topliss-reactive ketones (excluding diaryl/α,β-unsaturated/α-hetero) is 1. The fourth-order valence-corrected chi connectivity index (χ4v) is 5.42. The number of carbonyl (C=O) groups is 1. The van der Waals surface area contributed by atoms with Crippen molar-refractivity contribution in [2.45, 2.75) is 38.1 Å². The molecule has 176 valence electrons. The molecule has 0 unspecified atom stereocenters. The first-order chi connectivity index (χ1) is 16.3. The van der Waals surface area contributed by atoms with E-state index in [4.69, 9.17) is 5.73 Å². The van der Waals surface area contributed by atoms with Crippen LogP contribution in [0.25, 0.3) is 11.0 Å². The van der Waals surface area contributed by atoms with Gasteiger partial charge in [-0.25, -0.2) is 22.7 Å². The zero-order valence-corrected chi connectivity index (χ0v) is 19.9. The van der Waals surface area contributed by atoms with Crippen molar-refractivity contribution in [2.24, 2.45) is 5.92 Å². The molecule has 8 nitrogen and oxygen atoms in total. The van der Waals surface area contributed by atoms with Crippen LogP contribution in [0.15, 0.2) is 36.8 Å². The quantitative estimate of drug-likeness (QED) is 0.447. The number of nitrogens with zero attached hydrogens (tertiary/aromatic N) is 4. The largest absolute Gasteiger partial charge is 0.383 e. The normalized spacial score (nSPS) is 17.4. The number of rotatable bonds is 5. The van der Waals surface area contributed by atoms with Crippen molar-refractivity contribution in [3.63, 3.8) is 0 Å². The number of fused-ring (bicyclic) bond motifs is 1. The molecule has 9 heteroatoms. The molecular formula is C25H27N5O3S. The number of nitrogens with two attached hydrogens (primary N) is 1. The Hall–Kier alpha value is -3.22. The van der Waals surface area contributed by atoms with Crippen molar-refractivity contribution in [1.82, 2.24) is 18.8 Å². The number of nitrogen functional groups attached to an aromatic ring is 1. The molecule has 34 heavy (non-hydrogen) atoms. The Morgan fingerprint density at radius 1 is 1.15 bits per heavy atom. The van der Waals surface area contributed by atoms with Crippen LogP contribution in [0.4, 0.5) is 5.82 Å². The van der Waals surface area contributed by atoms with Crippen molar-refractivity contribution >= 4 is 32.7 Å². The molecule has 2 fully saturated rings. The zero-order chi connectivity index (χ0) is 23.9. The van der Waals surface area contributed by atoms with Crippen LogP contribution in [0.5, 0.6) is 0 Å². The molecule has 1 saturated heterocycles. The molecule has 1 aromatic carbocycles. The Labute approximate surface area is 199 Å². The number of hydrogen-bond donors (Lipinski definition) is 1. The maximum Gasteiger partial charge on any atom is 0.211 e. The maximum absolute atomic E-state index is 12.5. The highest BCUT2D eigenvalue weighted by molar-refractivity contribution is 7.88. The van der Waals surface area contributed by atoms with E-state index >= 15 is 0 Å². The van der Waals surface area contributed by atoms with Gasteiger partial charge in [-0.15, -0.1) is 0 Å². The Kier molecular flexibility index (Phi) is 5.88. The second-order valence-corrected chi connectivity index (χ2v) is 11.2. The third kappa shape index (κ3) is 4.69. The lowest BCUT2D eigenvalue weighted by molar-refractivity contribution is 0.0976. The van der Waals surface area contributed by atoms with E-state index in [-0.39, 0.29) is 11.8 Å². The topological polar surface area (TPSA) is 111 Å². The first-order valence-corrected chi connectivity index (χ1v) is 13.4. The average Bonchev–Trinajstić information content (AvgIpc) is 3.55. The van der Waals surface area contributed by atoms with Gasteiger partial charge in [-0.05, 0) is 43.7 Å². The summed E-state index contributed by atoms with van der Waals surface area (Å²) in [6, 6.07) is 7.53. The van der Waals surface area contributed by atoms with Crippen molar-refractivity contribution in [3.05, 3.63) is 53.5 Å². The van der Waals surface area contributed by atoms with E-state index in [0.717, 1.165) is 18.4 Å². The number of ketones is 1. The van der Waals surface area contributed by atoms with Crippen LogP contribution in [-0.2, 0) is 10.0 Å². The zero-order valence-electron chi connectivity index (χ0n) is 19.1. The third-order valence-electron chi connectivity index (χ3n) is 6.62. The molecule has 2 aliphatic rings. The van der Waals surface area contributed by atoms with Gasteiger partial charge in [0.15, 0.2) is 5.78 Å². The van der Waals surface area contributed by atoms with Crippen LogP contribution < -0.4 is 5.73 Å². The van der Waals surface area contributed by atoms with Crippen LogP contribution in [0.1, 0.15) is 59.6 Å². The molecule has 0 radical (unpaired) electrons. The summed E-state index contributed by atoms with van der Waals surface area (Å²) in [4.78, 5) is 21.1. The standard InChI is InChI=1S/C25H27N5O3S/c1-34(32,33)29-11-9-21(10-12-29)30-15-20(23-24(26)27-16-28-25(23)30)8-7-17-3-2-4-19(13-17)22(31)14-18-5-6-18/h2-4,13,15-16,18,21H,5-6,9-12,14H2,1H3,(H2,26,27,28). The molecule has 0 amide bonds. The summed E-state index contributed by atoms with van der Waals surface area (Å²) >= 11 is 0. The van der Waals surface area contributed by atoms with E-state index in [1.807, 2.05) is 35.0 Å². The Bertz CT molecular complexity index is 1420. The van der Waals surface area contributed by atoms with E-state index in [9.17, 15) is 13.2 Å². The smallest absolute Gasteiger partial charge is 0.211 e. The average molecular weight is 478 g/mol. The van der Waals surface area contributed by atoms with Crippen LogP contribution >= 0.6 is 0 Å². The molecule has 1 aliphatic heterocycles. The second-order valence-electron chi connectivity index (χ2n) is 9.20. The van der Waals surface area contributed by atoms with E-state index in [1.54, 1.807) is 0 Å². The SMILES string of the molecule is CS(=O)(=O)N1CCC(n2cc(C#Cc3cccc(C(=O)CC4CC4)c3)c3c(N)ncnc32)CC1. The molecule has 1 aliphatic carbocycles. The lowest BCUT2D eigenvalue weighted by atomic mass is 10.0. The monoisotopic (exact) mass is 477 g/mol. The highest BCUT2D eigenvalue weighted by Gasteiger charge is 2.28. The number of anilines is 1. The van der Waals surface area contributed by atoms with Gasteiger partial charge in [0.25, 0.3) is 0 Å². The number of benzene rings is 1. The Morgan fingerprint density at radius 3 is 2.62 bits per heavy atom. The highest BCUT2D eigenvalue weighted by atomic mass is 32.2. The molecule has 2 aromatic heterocycles. The summed E-state index contributed by atoms with van der Waals surface area (Å²) in [5.41, 5.74) is 9.07. The van der Waals surface area contributed by atoms with E-state index < -0.39 is 10.0 Å². The van der Waals surface area contributed by atoms with E-state index in [0.29, 0.717) is 66.2 Å². The van der Waals surface area contributed by atoms with Gasteiger partial charge in [-0.2, -0.15) is 0 Å². The fourth-order valence-electron chi connectivity index (χ4n) is 4.55. The lowest BCUT2D eigenvalue weighted by Crippen LogP contribution is -2.38. The molecule has 1 saturated carbocycles. The summed E-state index contributed by atoms with van der Waals surface area (Å²) in [5.74, 6) is 7.45.